The monoisotopic (exact) mass is 304 g/mol. The largest absolute Gasteiger partial charge is 0.292 e. The number of thioether (sulfide) groups is 1. The molecule has 0 aliphatic carbocycles. The molecule has 3 unspecified atom stereocenters. The van der Waals surface area contributed by atoms with Gasteiger partial charge in [-0.3, -0.25) is 4.90 Å². The summed E-state index contributed by atoms with van der Waals surface area (Å²) in [6.45, 7) is 9.24. The normalized spacial score (nSPS) is 27.3. The Morgan fingerprint density at radius 3 is 2.61 bits per heavy atom. The first-order valence-corrected chi connectivity index (χ1v) is 8.89. The SMILES string of the molecule is CCC(c1nc(CCl)cs1)N1CC(C)SC(C)C1. The summed E-state index contributed by atoms with van der Waals surface area (Å²) in [7, 11) is 0. The molecule has 0 bridgehead atoms. The molecule has 0 spiro atoms. The Bertz CT molecular complexity index is 373. The second-order valence-corrected chi connectivity index (χ2v) is 7.98. The average molecular weight is 305 g/mol. The smallest absolute Gasteiger partial charge is 0.110 e. The van der Waals surface area contributed by atoms with E-state index >= 15 is 0 Å². The van der Waals surface area contributed by atoms with E-state index in [0.29, 0.717) is 11.9 Å². The van der Waals surface area contributed by atoms with Gasteiger partial charge in [-0.25, -0.2) is 4.98 Å². The van der Waals surface area contributed by atoms with E-state index in [1.54, 1.807) is 11.3 Å². The number of aromatic nitrogens is 1. The van der Waals surface area contributed by atoms with Crippen LogP contribution in [-0.4, -0.2) is 33.5 Å². The molecule has 3 atom stereocenters. The van der Waals surface area contributed by atoms with Gasteiger partial charge in [0, 0.05) is 29.0 Å². The molecule has 18 heavy (non-hydrogen) atoms. The third-order valence-corrected chi connectivity index (χ3v) is 5.76. The molecule has 0 N–H and O–H groups in total. The van der Waals surface area contributed by atoms with Gasteiger partial charge in [-0.2, -0.15) is 11.8 Å². The molecule has 0 aromatic carbocycles. The van der Waals surface area contributed by atoms with Crippen LogP contribution in [0, 0.1) is 0 Å². The zero-order valence-electron chi connectivity index (χ0n) is 11.2. The fourth-order valence-electron chi connectivity index (χ4n) is 2.60. The van der Waals surface area contributed by atoms with Crippen molar-refractivity contribution in [3.8, 4) is 0 Å². The first-order chi connectivity index (χ1) is 8.63. The minimum Gasteiger partial charge on any atom is -0.292 e. The van der Waals surface area contributed by atoms with Crippen LogP contribution in [0.15, 0.2) is 5.38 Å². The number of hydrogen-bond acceptors (Lipinski definition) is 4. The summed E-state index contributed by atoms with van der Waals surface area (Å²) < 4.78 is 0. The molecule has 1 saturated heterocycles. The molecule has 0 amide bonds. The molecule has 2 nitrogen and oxygen atoms in total. The van der Waals surface area contributed by atoms with Crippen molar-refractivity contribution in [2.45, 2.75) is 49.6 Å². The summed E-state index contributed by atoms with van der Waals surface area (Å²) in [6, 6.07) is 0.470. The van der Waals surface area contributed by atoms with E-state index in [2.05, 4.69) is 47.8 Å². The third-order valence-electron chi connectivity index (χ3n) is 3.27. The molecule has 1 aliphatic heterocycles. The van der Waals surface area contributed by atoms with Gasteiger partial charge in [-0.05, 0) is 6.42 Å². The van der Waals surface area contributed by atoms with Gasteiger partial charge in [0.1, 0.15) is 5.01 Å². The van der Waals surface area contributed by atoms with Crippen molar-refractivity contribution in [2.75, 3.05) is 13.1 Å². The highest BCUT2D eigenvalue weighted by atomic mass is 35.5. The Hall–Kier alpha value is 0.230. The summed E-state index contributed by atoms with van der Waals surface area (Å²) in [6.07, 6.45) is 1.12. The van der Waals surface area contributed by atoms with E-state index in [1.165, 1.54) is 18.1 Å². The standard InChI is InChI=1S/C13H21ClN2S2/c1-4-12(13-15-11(5-14)8-17-13)16-6-9(2)18-10(3)7-16/h8-10,12H,4-7H2,1-3H3. The summed E-state index contributed by atoms with van der Waals surface area (Å²) in [5.74, 6) is 0.523. The number of nitrogens with zero attached hydrogens (tertiary/aromatic N) is 2. The highest BCUT2D eigenvalue weighted by Gasteiger charge is 2.29. The highest BCUT2D eigenvalue weighted by molar-refractivity contribution is 8.00. The summed E-state index contributed by atoms with van der Waals surface area (Å²) >= 11 is 9.70. The van der Waals surface area contributed by atoms with E-state index < -0.39 is 0 Å². The van der Waals surface area contributed by atoms with E-state index in [1.807, 2.05) is 0 Å². The lowest BCUT2D eigenvalue weighted by Gasteiger charge is -2.38. The van der Waals surface area contributed by atoms with Crippen LogP contribution in [0.4, 0.5) is 0 Å². The van der Waals surface area contributed by atoms with Crippen LogP contribution < -0.4 is 0 Å². The highest BCUT2D eigenvalue weighted by Crippen LogP contribution is 2.33. The Kier molecular flexibility index (Phi) is 5.36. The van der Waals surface area contributed by atoms with Crippen molar-refractivity contribution in [2.24, 2.45) is 0 Å². The van der Waals surface area contributed by atoms with Gasteiger partial charge in [0.15, 0.2) is 0 Å². The van der Waals surface area contributed by atoms with Crippen LogP contribution in [-0.2, 0) is 5.88 Å². The lowest BCUT2D eigenvalue weighted by molar-refractivity contribution is 0.189. The number of alkyl halides is 1. The van der Waals surface area contributed by atoms with Crippen molar-refractivity contribution in [1.82, 2.24) is 9.88 Å². The van der Waals surface area contributed by atoms with Gasteiger partial charge in [0.05, 0.1) is 17.6 Å². The van der Waals surface area contributed by atoms with Crippen molar-refractivity contribution in [3.63, 3.8) is 0 Å². The van der Waals surface area contributed by atoms with Crippen molar-refractivity contribution < 1.29 is 0 Å². The van der Waals surface area contributed by atoms with Crippen LogP contribution in [0.2, 0.25) is 0 Å². The van der Waals surface area contributed by atoms with E-state index in [9.17, 15) is 0 Å². The second-order valence-electron chi connectivity index (χ2n) is 4.95. The summed E-state index contributed by atoms with van der Waals surface area (Å²) in [5, 5.41) is 4.77. The van der Waals surface area contributed by atoms with Gasteiger partial charge < -0.3 is 0 Å². The molecule has 1 aromatic heterocycles. The van der Waals surface area contributed by atoms with Crippen molar-refractivity contribution in [1.29, 1.82) is 0 Å². The first kappa shape index (κ1) is 14.6. The van der Waals surface area contributed by atoms with Gasteiger partial charge in [-0.1, -0.05) is 20.8 Å². The number of hydrogen-bond donors (Lipinski definition) is 0. The Labute approximate surface area is 123 Å². The molecule has 1 aromatic rings. The minimum absolute atomic E-state index is 0.470. The zero-order chi connectivity index (χ0) is 13.1. The fraction of sp³-hybridized carbons (Fsp3) is 0.769. The van der Waals surface area contributed by atoms with E-state index in [-0.39, 0.29) is 0 Å². The molecule has 2 heterocycles. The topological polar surface area (TPSA) is 16.1 Å². The first-order valence-electron chi connectivity index (χ1n) is 6.53. The molecule has 0 saturated carbocycles. The molecule has 2 rings (SSSR count). The van der Waals surface area contributed by atoms with Crippen LogP contribution >= 0.6 is 34.7 Å². The van der Waals surface area contributed by atoms with Gasteiger partial charge >= 0.3 is 0 Å². The maximum absolute atomic E-state index is 5.85. The lowest BCUT2D eigenvalue weighted by atomic mass is 10.1. The van der Waals surface area contributed by atoms with E-state index in [4.69, 9.17) is 11.6 Å². The van der Waals surface area contributed by atoms with Gasteiger partial charge in [0.2, 0.25) is 0 Å². The molecule has 1 aliphatic rings. The summed E-state index contributed by atoms with van der Waals surface area (Å²) in [4.78, 5) is 7.26. The molecular weight excluding hydrogens is 284 g/mol. The molecular formula is C13H21ClN2S2. The van der Waals surface area contributed by atoms with Crippen LogP contribution in [0.3, 0.4) is 0 Å². The minimum atomic E-state index is 0.470. The number of halogens is 1. The number of thiazole rings is 1. The Morgan fingerprint density at radius 1 is 1.44 bits per heavy atom. The van der Waals surface area contributed by atoms with Crippen LogP contribution in [0.5, 0.6) is 0 Å². The maximum atomic E-state index is 5.85. The Balaban J connectivity index is 2.12. The second kappa shape index (κ2) is 6.60. The van der Waals surface area contributed by atoms with Crippen LogP contribution in [0.25, 0.3) is 0 Å². The predicted octanol–water partition coefficient (Wildman–Crippen LogP) is 4.16. The third kappa shape index (κ3) is 3.41. The van der Waals surface area contributed by atoms with E-state index in [0.717, 1.165) is 22.6 Å². The molecule has 1 fully saturated rings. The molecule has 5 heteroatoms. The zero-order valence-corrected chi connectivity index (χ0v) is 13.6. The van der Waals surface area contributed by atoms with Crippen molar-refractivity contribution >= 4 is 34.7 Å². The quantitative estimate of drug-likeness (QED) is 0.777. The predicted molar refractivity (Wildman–Crippen MR) is 82.8 cm³/mol. The average Bonchev–Trinajstić information content (AvgIpc) is 2.77. The number of rotatable bonds is 4. The van der Waals surface area contributed by atoms with Gasteiger partial charge in [0.25, 0.3) is 0 Å². The van der Waals surface area contributed by atoms with Crippen molar-refractivity contribution in [3.05, 3.63) is 16.1 Å². The fourth-order valence-corrected chi connectivity index (χ4v) is 5.21. The van der Waals surface area contributed by atoms with Crippen LogP contribution in [0.1, 0.15) is 43.9 Å². The molecule has 0 radical (unpaired) electrons. The van der Waals surface area contributed by atoms with Gasteiger partial charge in [-0.15, -0.1) is 22.9 Å². The lowest BCUT2D eigenvalue weighted by Crippen LogP contribution is -2.42. The molecule has 102 valence electrons. The maximum Gasteiger partial charge on any atom is 0.110 e. The summed E-state index contributed by atoms with van der Waals surface area (Å²) in [5.41, 5.74) is 1.02. The Morgan fingerprint density at radius 2 is 2.11 bits per heavy atom.